The van der Waals surface area contributed by atoms with Crippen molar-refractivity contribution in [3.05, 3.63) is 11.4 Å². The molecule has 0 spiro atoms. The summed E-state index contributed by atoms with van der Waals surface area (Å²) in [5.74, 6) is -1.22. The van der Waals surface area contributed by atoms with Gasteiger partial charge in [0.25, 0.3) is 0 Å². The van der Waals surface area contributed by atoms with Crippen LogP contribution in [0.1, 0.15) is 6.92 Å². The van der Waals surface area contributed by atoms with Crippen molar-refractivity contribution in [1.29, 1.82) is 0 Å². The molecular formula is C4H8N2O2. The molecule has 0 bridgehead atoms. The van der Waals surface area contributed by atoms with Crippen LogP contribution in [-0.2, 0) is 4.79 Å². The highest BCUT2D eigenvalue weighted by Crippen LogP contribution is 1.89. The second-order valence-electron chi connectivity index (χ2n) is 1.39. The van der Waals surface area contributed by atoms with Crippen molar-refractivity contribution >= 4 is 5.97 Å². The van der Waals surface area contributed by atoms with Crippen molar-refractivity contribution in [2.45, 2.75) is 6.92 Å². The lowest BCUT2D eigenvalue weighted by Crippen LogP contribution is -2.15. The first-order chi connectivity index (χ1) is 3.55. The van der Waals surface area contributed by atoms with E-state index in [1.165, 1.54) is 6.92 Å². The van der Waals surface area contributed by atoms with Gasteiger partial charge in [0.2, 0.25) is 0 Å². The topological polar surface area (TPSA) is 89.3 Å². The Morgan fingerprint density at radius 3 is 1.88 bits per heavy atom. The molecule has 0 atom stereocenters. The van der Waals surface area contributed by atoms with E-state index in [0.717, 1.165) is 0 Å². The van der Waals surface area contributed by atoms with E-state index in [0.29, 0.717) is 0 Å². The highest BCUT2D eigenvalue weighted by molar-refractivity contribution is 5.86. The molecule has 0 saturated carbocycles. The number of carboxylic acids is 1. The van der Waals surface area contributed by atoms with Crippen LogP contribution in [-0.4, -0.2) is 11.1 Å². The molecule has 0 unspecified atom stereocenters. The molecule has 4 heteroatoms. The molecule has 8 heavy (non-hydrogen) atoms. The Labute approximate surface area is 46.8 Å². The fraction of sp³-hybridized carbons (Fsp3) is 0.250. The average molecular weight is 116 g/mol. The van der Waals surface area contributed by atoms with Gasteiger partial charge in [0.1, 0.15) is 5.82 Å². The van der Waals surface area contributed by atoms with E-state index in [2.05, 4.69) is 0 Å². The van der Waals surface area contributed by atoms with Crippen LogP contribution in [0.3, 0.4) is 0 Å². The first kappa shape index (κ1) is 6.81. The third kappa shape index (κ3) is 1.51. The Morgan fingerprint density at radius 1 is 1.50 bits per heavy atom. The molecule has 46 valence electrons. The predicted molar refractivity (Wildman–Crippen MR) is 28.7 cm³/mol. The fourth-order valence-corrected chi connectivity index (χ4v) is 0.123. The Balaban J connectivity index is 4.23. The van der Waals surface area contributed by atoms with Gasteiger partial charge >= 0.3 is 5.97 Å². The summed E-state index contributed by atoms with van der Waals surface area (Å²) in [6.45, 7) is 1.34. The minimum atomic E-state index is -1.08. The molecule has 0 radical (unpaired) electrons. The van der Waals surface area contributed by atoms with E-state index in [1.54, 1.807) is 0 Å². The maximum Gasteiger partial charge on any atom is 0.334 e. The number of hydrogen-bond donors (Lipinski definition) is 3. The van der Waals surface area contributed by atoms with Gasteiger partial charge in [0.05, 0.1) is 5.57 Å². The highest BCUT2D eigenvalue weighted by Gasteiger charge is 2.00. The summed E-state index contributed by atoms with van der Waals surface area (Å²) in [7, 11) is 0. The Kier molecular flexibility index (Phi) is 1.88. The first-order valence-electron chi connectivity index (χ1n) is 2.01. The van der Waals surface area contributed by atoms with Gasteiger partial charge < -0.3 is 16.6 Å². The van der Waals surface area contributed by atoms with E-state index < -0.39 is 5.97 Å². The fourth-order valence-electron chi connectivity index (χ4n) is 0.123. The largest absolute Gasteiger partial charge is 0.478 e. The van der Waals surface area contributed by atoms with Gasteiger partial charge in [-0.3, -0.25) is 0 Å². The van der Waals surface area contributed by atoms with Crippen LogP contribution in [0.25, 0.3) is 0 Å². The van der Waals surface area contributed by atoms with Crippen molar-refractivity contribution in [3.8, 4) is 0 Å². The van der Waals surface area contributed by atoms with Crippen molar-refractivity contribution in [2.24, 2.45) is 11.5 Å². The minimum Gasteiger partial charge on any atom is -0.478 e. The number of nitrogens with two attached hydrogens (primary N) is 2. The monoisotopic (exact) mass is 116 g/mol. The summed E-state index contributed by atoms with van der Waals surface area (Å²) in [5.41, 5.74) is 9.82. The van der Waals surface area contributed by atoms with Crippen LogP contribution in [0.5, 0.6) is 0 Å². The lowest BCUT2D eigenvalue weighted by Gasteiger charge is -1.92. The molecule has 0 aliphatic carbocycles. The van der Waals surface area contributed by atoms with Crippen LogP contribution in [0, 0.1) is 0 Å². The van der Waals surface area contributed by atoms with Crippen molar-refractivity contribution < 1.29 is 9.90 Å². The number of carbonyl (C=O) groups is 1. The Bertz CT molecular complexity index is 135. The second-order valence-corrected chi connectivity index (χ2v) is 1.39. The molecule has 5 N–H and O–H groups in total. The summed E-state index contributed by atoms with van der Waals surface area (Å²) in [5, 5.41) is 8.13. The molecule has 0 aromatic carbocycles. The van der Waals surface area contributed by atoms with Crippen LogP contribution in [0.4, 0.5) is 0 Å². The van der Waals surface area contributed by atoms with Gasteiger partial charge in [-0.25, -0.2) is 4.79 Å². The lowest BCUT2D eigenvalue weighted by molar-refractivity contribution is -0.132. The Hall–Kier alpha value is -1.19. The van der Waals surface area contributed by atoms with Crippen LogP contribution in [0.15, 0.2) is 11.4 Å². The quantitative estimate of drug-likeness (QED) is 0.392. The zero-order valence-electron chi connectivity index (χ0n) is 4.51. The van der Waals surface area contributed by atoms with Gasteiger partial charge in [-0.1, -0.05) is 0 Å². The maximum absolute atomic E-state index is 9.92. The number of carboxylic acid groups (broad SMARTS) is 1. The standard InChI is InChI=1S/C4H8N2O2/c1-2(3(5)6)4(7)8/h5-6H2,1H3,(H,7,8). The molecular weight excluding hydrogens is 108 g/mol. The maximum atomic E-state index is 9.92. The van der Waals surface area contributed by atoms with Crippen molar-refractivity contribution in [1.82, 2.24) is 0 Å². The predicted octanol–water partition coefficient (Wildman–Crippen LogP) is -0.780. The van der Waals surface area contributed by atoms with E-state index in [-0.39, 0.29) is 11.4 Å². The van der Waals surface area contributed by atoms with Gasteiger partial charge in [-0.2, -0.15) is 0 Å². The zero-order valence-corrected chi connectivity index (χ0v) is 4.51. The highest BCUT2D eigenvalue weighted by atomic mass is 16.4. The zero-order chi connectivity index (χ0) is 6.73. The summed E-state index contributed by atoms with van der Waals surface area (Å²) in [4.78, 5) is 9.92. The summed E-state index contributed by atoms with van der Waals surface area (Å²) in [6, 6.07) is 0. The number of rotatable bonds is 1. The third-order valence-corrected chi connectivity index (χ3v) is 0.754. The van der Waals surface area contributed by atoms with Gasteiger partial charge in [0, 0.05) is 0 Å². The van der Waals surface area contributed by atoms with Gasteiger partial charge in [0.15, 0.2) is 0 Å². The summed E-state index contributed by atoms with van der Waals surface area (Å²) in [6.07, 6.45) is 0. The summed E-state index contributed by atoms with van der Waals surface area (Å²) < 4.78 is 0. The molecule has 0 aliphatic heterocycles. The minimum absolute atomic E-state index is 0.00926. The molecule has 0 amide bonds. The molecule has 0 aromatic rings. The van der Waals surface area contributed by atoms with Crippen LogP contribution in [0.2, 0.25) is 0 Å². The first-order valence-corrected chi connectivity index (χ1v) is 2.01. The molecule has 0 aromatic heterocycles. The molecule has 4 nitrogen and oxygen atoms in total. The molecule has 0 saturated heterocycles. The molecule has 0 rings (SSSR count). The van der Waals surface area contributed by atoms with Crippen molar-refractivity contribution in [2.75, 3.05) is 0 Å². The normalized spacial score (nSPS) is 8.12. The smallest absolute Gasteiger partial charge is 0.334 e. The third-order valence-electron chi connectivity index (χ3n) is 0.754. The van der Waals surface area contributed by atoms with E-state index in [9.17, 15) is 4.79 Å². The van der Waals surface area contributed by atoms with E-state index >= 15 is 0 Å². The average Bonchev–Trinajstić information content (AvgIpc) is 1.64. The SMILES string of the molecule is CC(C(=O)O)=C(N)N. The van der Waals surface area contributed by atoms with E-state index in [1.807, 2.05) is 0 Å². The van der Waals surface area contributed by atoms with Crippen molar-refractivity contribution in [3.63, 3.8) is 0 Å². The summed E-state index contributed by atoms with van der Waals surface area (Å²) >= 11 is 0. The van der Waals surface area contributed by atoms with Crippen LogP contribution < -0.4 is 11.5 Å². The lowest BCUT2D eigenvalue weighted by atomic mass is 10.3. The molecule has 0 heterocycles. The molecule has 0 fully saturated rings. The van der Waals surface area contributed by atoms with Crippen LogP contribution >= 0.6 is 0 Å². The number of aliphatic carboxylic acids is 1. The Morgan fingerprint density at radius 2 is 1.88 bits per heavy atom. The molecule has 0 aliphatic rings. The number of hydrogen-bond acceptors (Lipinski definition) is 3. The second kappa shape index (κ2) is 2.20. The van der Waals surface area contributed by atoms with Gasteiger partial charge in [-0.05, 0) is 6.92 Å². The van der Waals surface area contributed by atoms with E-state index in [4.69, 9.17) is 16.6 Å². The van der Waals surface area contributed by atoms with Gasteiger partial charge in [-0.15, -0.1) is 0 Å².